The maximum atomic E-state index is 6.33. The third-order valence-electron chi connectivity index (χ3n) is 4.54. The molecule has 2 unspecified atom stereocenters. The van der Waals surface area contributed by atoms with Gasteiger partial charge in [0.05, 0.1) is 6.61 Å². The molecule has 23 heavy (non-hydrogen) atoms. The van der Waals surface area contributed by atoms with Crippen LogP contribution in [0, 0.1) is 6.92 Å². The SMILES string of the molecule is CCOc1ccc(C2CC(N)CN(c3ccc(C)cc3)C2)cc1. The highest BCUT2D eigenvalue weighted by atomic mass is 16.5. The highest BCUT2D eigenvalue weighted by Gasteiger charge is 2.26. The maximum Gasteiger partial charge on any atom is 0.119 e. The van der Waals surface area contributed by atoms with Gasteiger partial charge in [-0.05, 0) is 50.1 Å². The summed E-state index contributed by atoms with van der Waals surface area (Å²) in [6.07, 6.45) is 1.04. The van der Waals surface area contributed by atoms with E-state index >= 15 is 0 Å². The van der Waals surface area contributed by atoms with Gasteiger partial charge in [0.15, 0.2) is 0 Å². The lowest BCUT2D eigenvalue weighted by Gasteiger charge is -2.38. The van der Waals surface area contributed by atoms with Crippen LogP contribution >= 0.6 is 0 Å². The van der Waals surface area contributed by atoms with Gasteiger partial charge in [-0.1, -0.05) is 29.8 Å². The highest BCUT2D eigenvalue weighted by Crippen LogP contribution is 2.30. The van der Waals surface area contributed by atoms with Gasteiger partial charge >= 0.3 is 0 Å². The molecule has 1 aliphatic rings. The van der Waals surface area contributed by atoms with Crippen LogP contribution in [0.4, 0.5) is 5.69 Å². The Labute approximate surface area is 139 Å². The average molecular weight is 310 g/mol. The Morgan fingerprint density at radius 3 is 2.39 bits per heavy atom. The van der Waals surface area contributed by atoms with E-state index in [0.717, 1.165) is 25.3 Å². The normalized spacial score (nSPS) is 21.3. The molecule has 1 heterocycles. The van der Waals surface area contributed by atoms with Crippen molar-refractivity contribution >= 4 is 5.69 Å². The molecular weight excluding hydrogens is 284 g/mol. The van der Waals surface area contributed by atoms with E-state index in [2.05, 4.69) is 60.4 Å². The Morgan fingerprint density at radius 1 is 1.04 bits per heavy atom. The van der Waals surface area contributed by atoms with Gasteiger partial charge < -0.3 is 15.4 Å². The van der Waals surface area contributed by atoms with Crippen LogP contribution in [-0.4, -0.2) is 25.7 Å². The fourth-order valence-corrected chi connectivity index (χ4v) is 3.35. The van der Waals surface area contributed by atoms with Crippen LogP contribution in [0.1, 0.15) is 30.4 Å². The van der Waals surface area contributed by atoms with Crippen molar-refractivity contribution < 1.29 is 4.74 Å². The second-order valence-corrected chi connectivity index (χ2v) is 6.44. The van der Waals surface area contributed by atoms with Crippen LogP contribution in [0.15, 0.2) is 48.5 Å². The second-order valence-electron chi connectivity index (χ2n) is 6.44. The number of aryl methyl sites for hydroxylation is 1. The molecule has 0 bridgehead atoms. The number of ether oxygens (including phenoxy) is 1. The Balaban J connectivity index is 1.76. The summed E-state index contributed by atoms with van der Waals surface area (Å²) in [6.45, 7) is 6.78. The monoisotopic (exact) mass is 310 g/mol. The summed E-state index contributed by atoms with van der Waals surface area (Å²) in [4.78, 5) is 2.41. The van der Waals surface area contributed by atoms with Gasteiger partial charge in [0.25, 0.3) is 0 Å². The summed E-state index contributed by atoms with van der Waals surface area (Å²) in [6, 6.07) is 17.4. The van der Waals surface area contributed by atoms with Crippen molar-refractivity contribution in [2.45, 2.75) is 32.2 Å². The fraction of sp³-hybridized carbons (Fsp3) is 0.400. The number of hydrogen-bond acceptors (Lipinski definition) is 3. The molecule has 0 radical (unpaired) electrons. The zero-order valence-corrected chi connectivity index (χ0v) is 14.0. The first kappa shape index (κ1) is 15.9. The lowest BCUT2D eigenvalue weighted by Crippen LogP contribution is -2.46. The topological polar surface area (TPSA) is 38.5 Å². The smallest absolute Gasteiger partial charge is 0.119 e. The van der Waals surface area contributed by atoms with Gasteiger partial charge in [-0.25, -0.2) is 0 Å². The molecule has 0 saturated carbocycles. The summed E-state index contributed by atoms with van der Waals surface area (Å²) < 4.78 is 5.54. The van der Waals surface area contributed by atoms with Gasteiger partial charge in [0.1, 0.15) is 5.75 Å². The number of piperidine rings is 1. The van der Waals surface area contributed by atoms with Crippen LogP contribution in [0.25, 0.3) is 0 Å². The lowest BCUT2D eigenvalue weighted by atomic mass is 9.88. The van der Waals surface area contributed by atoms with Crippen molar-refractivity contribution in [1.29, 1.82) is 0 Å². The molecular formula is C20H26N2O. The third kappa shape index (κ3) is 3.85. The molecule has 3 nitrogen and oxygen atoms in total. The van der Waals surface area contributed by atoms with E-state index < -0.39 is 0 Å². The minimum absolute atomic E-state index is 0.210. The Morgan fingerprint density at radius 2 is 1.74 bits per heavy atom. The van der Waals surface area contributed by atoms with Crippen molar-refractivity contribution in [1.82, 2.24) is 0 Å². The summed E-state index contributed by atoms with van der Waals surface area (Å²) in [5.41, 5.74) is 10.2. The standard InChI is InChI=1S/C20H26N2O/c1-3-23-20-10-6-16(7-11-20)17-12-18(21)14-22(13-17)19-8-4-15(2)5-9-19/h4-11,17-18H,3,12-14,21H2,1-2H3. The Hall–Kier alpha value is -2.00. The number of rotatable bonds is 4. The fourth-order valence-electron chi connectivity index (χ4n) is 3.35. The van der Waals surface area contributed by atoms with Gasteiger partial charge in [-0.3, -0.25) is 0 Å². The molecule has 2 N–H and O–H groups in total. The molecule has 1 aliphatic heterocycles. The van der Waals surface area contributed by atoms with Crippen molar-refractivity contribution in [3.05, 3.63) is 59.7 Å². The second kappa shape index (κ2) is 7.05. The van der Waals surface area contributed by atoms with E-state index in [4.69, 9.17) is 10.5 Å². The lowest BCUT2D eigenvalue weighted by molar-refractivity contribution is 0.340. The third-order valence-corrected chi connectivity index (χ3v) is 4.54. The molecule has 2 aromatic rings. The molecule has 0 aliphatic carbocycles. The quantitative estimate of drug-likeness (QED) is 0.935. The molecule has 0 aromatic heterocycles. The van der Waals surface area contributed by atoms with Crippen LogP contribution in [-0.2, 0) is 0 Å². The van der Waals surface area contributed by atoms with Crippen molar-refractivity contribution in [3.63, 3.8) is 0 Å². The highest BCUT2D eigenvalue weighted by molar-refractivity contribution is 5.49. The van der Waals surface area contributed by atoms with Gasteiger partial charge in [-0.15, -0.1) is 0 Å². The number of benzene rings is 2. The van der Waals surface area contributed by atoms with Crippen molar-refractivity contribution in [2.75, 3.05) is 24.6 Å². The van der Waals surface area contributed by atoms with Crippen LogP contribution < -0.4 is 15.4 Å². The molecule has 122 valence electrons. The van der Waals surface area contributed by atoms with E-state index in [1.807, 2.05) is 6.92 Å². The maximum absolute atomic E-state index is 6.33. The largest absolute Gasteiger partial charge is 0.494 e. The van der Waals surface area contributed by atoms with Crippen molar-refractivity contribution in [3.8, 4) is 5.75 Å². The first-order valence-corrected chi connectivity index (χ1v) is 8.45. The molecule has 3 heteroatoms. The first-order valence-electron chi connectivity index (χ1n) is 8.45. The first-order chi connectivity index (χ1) is 11.2. The molecule has 3 rings (SSSR count). The predicted molar refractivity (Wildman–Crippen MR) is 96.3 cm³/mol. The summed E-state index contributed by atoms with van der Waals surface area (Å²) in [7, 11) is 0. The molecule has 1 fully saturated rings. The molecule has 0 spiro atoms. The molecule has 0 amide bonds. The molecule has 2 aromatic carbocycles. The van der Waals surface area contributed by atoms with Crippen LogP contribution in [0.2, 0.25) is 0 Å². The molecule has 2 atom stereocenters. The van der Waals surface area contributed by atoms with E-state index in [1.165, 1.54) is 16.8 Å². The zero-order valence-electron chi connectivity index (χ0n) is 14.0. The minimum Gasteiger partial charge on any atom is -0.494 e. The van der Waals surface area contributed by atoms with E-state index in [1.54, 1.807) is 0 Å². The van der Waals surface area contributed by atoms with E-state index in [9.17, 15) is 0 Å². The Bertz CT molecular complexity index is 621. The average Bonchev–Trinajstić information content (AvgIpc) is 2.56. The van der Waals surface area contributed by atoms with Gasteiger partial charge in [-0.2, -0.15) is 0 Å². The predicted octanol–water partition coefficient (Wildman–Crippen LogP) is 3.71. The van der Waals surface area contributed by atoms with Gasteiger partial charge in [0, 0.05) is 30.7 Å². The zero-order chi connectivity index (χ0) is 16.2. The van der Waals surface area contributed by atoms with Gasteiger partial charge in [0.2, 0.25) is 0 Å². The number of nitrogens with zero attached hydrogens (tertiary/aromatic N) is 1. The summed E-state index contributed by atoms with van der Waals surface area (Å²) in [5, 5.41) is 0. The van der Waals surface area contributed by atoms with Crippen LogP contribution in [0.3, 0.4) is 0 Å². The van der Waals surface area contributed by atoms with Crippen LogP contribution in [0.5, 0.6) is 5.75 Å². The molecule has 1 saturated heterocycles. The summed E-state index contributed by atoms with van der Waals surface area (Å²) >= 11 is 0. The van der Waals surface area contributed by atoms with E-state index in [0.29, 0.717) is 12.5 Å². The van der Waals surface area contributed by atoms with E-state index in [-0.39, 0.29) is 6.04 Å². The number of hydrogen-bond donors (Lipinski definition) is 1. The number of anilines is 1. The minimum atomic E-state index is 0.210. The Kier molecular flexibility index (Phi) is 4.87. The van der Waals surface area contributed by atoms with Crippen molar-refractivity contribution in [2.24, 2.45) is 5.73 Å². The number of nitrogens with two attached hydrogens (primary N) is 1. The summed E-state index contributed by atoms with van der Waals surface area (Å²) in [5.74, 6) is 1.41.